The summed E-state index contributed by atoms with van der Waals surface area (Å²) in [4.78, 5) is 19.6. The van der Waals surface area contributed by atoms with Crippen molar-refractivity contribution < 1.29 is 13.6 Å². The van der Waals surface area contributed by atoms with Gasteiger partial charge in [0.2, 0.25) is 5.91 Å². The third kappa shape index (κ3) is 2.99. The summed E-state index contributed by atoms with van der Waals surface area (Å²) < 4.78 is 27.0. The number of likely N-dealkylation sites (N-methyl/N-ethyl adjacent to an activating group) is 1. The van der Waals surface area contributed by atoms with Gasteiger partial charge in [-0.1, -0.05) is 35.9 Å². The number of thiophene rings is 1. The van der Waals surface area contributed by atoms with Crippen molar-refractivity contribution in [2.24, 2.45) is 10.7 Å². The minimum atomic E-state index is -2.95. The molecule has 2 heterocycles. The monoisotopic (exact) mass is 397 g/mol. The van der Waals surface area contributed by atoms with Crippen molar-refractivity contribution in [2.45, 2.75) is 31.2 Å². The summed E-state index contributed by atoms with van der Waals surface area (Å²) in [6, 6.07) is 7.49. The molecule has 0 saturated heterocycles. The van der Waals surface area contributed by atoms with E-state index in [1.807, 2.05) is 5.38 Å². The molecule has 2 N–H and O–H groups in total. The Morgan fingerprint density at radius 2 is 1.92 bits per heavy atom. The highest BCUT2D eigenvalue weighted by Gasteiger charge is 2.48. The van der Waals surface area contributed by atoms with Gasteiger partial charge in [-0.2, -0.15) is 0 Å². The molecule has 0 unspecified atom stereocenters. The minimum Gasteiger partial charge on any atom is -0.369 e. The van der Waals surface area contributed by atoms with Gasteiger partial charge in [-0.3, -0.25) is 9.69 Å². The van der Waals surface area contributed by atoms with Crippen LogP contribution in [0.5, 0.6) is 0 Å². The number of guanidine groups is 1. The van der Waals surface area contributed by atoms with Gasteiger partial charge in [-0.05, 0) is 23.9 Å². The van der Waals surface area contributed by atoms with Crippen LogP contribution < -0.4 is 5.73 Å². The fourth-order valence-corrected chi connectivity index (χ4v) is 4.58. The second kappa shape index (κ2) is 6.32. The molecule has 0 radical (unpaired) electrons. The molecule has 8 heteroatoms. The molecule has 1 aliphatic rings. The molecule has 26 heavy (non-hydrogen) atoms. The molecule has 4 nitrogen and oxygen atoms in total. The minimum absolute atomic E-state index is 0.0925. The number of alkyl halides is 2. The van der Waals surface area contributed by atoms with Crippen LogP contribution in [0.2, 0.25) is 5.02 Å². The number of rotatable bonds is 3. The average Bonchev–Trinajstić information content (AvgIpc) is 2.99. The van der Waals surface area contributed by atoms with Gasteiger partial charge in [-0.15, -0.1) is 11.3 Å². The molecule has 0 spiro atoms. The van der Waals surface area contributed by atoms with Gasteiger partial charge in [0, 0.05) is 19.5 Å². The van der Waals surface area contributed by atoms with E-state index in [-0.39, 0.29) is 17.4 Å². The summed E-state index contributed by atoms with van der Waals surface area (Å²) in [6.07, 6.45) is 0. The molecule has 138 valence electrons. The lowest BCUT2D eigenvalue weighted by Crippen LogP contribution is -2.52. The summed E-state index contributed by atoms with van der Waals surface area (Å²) in [5.74, 6) is -3.85. The smallest absolute Gasteiger partial charge is 0.270 e. The fraction of sp³-hybridized carbons (Fsp3) is 0.333. The SMILES string of the molecule is CN1C(=O)[C@H](c2ccc(C(C)(F)F)cc2)[C@@](C)(c2sccc2Cl)N=C1N. The van der Waals surface area contributed by atoms with Crippen molar-refractivity contribution in [2.75, 3.05) is 7.05 Å². The molecule has 1 aliphatic heterocycles. The van der Waals surface area contributed by atoms with E-state index < -0.39 is 17.4 Å². The molecule has 2 aromatic rings. The van der Waals surface area contributed by atoms with Crippen LogP contribution in [0.3, 0.4) is 0 Å². The number of amides is 1. The van der Waals surface area contributed by atoms with E-state index in [4.69, 9.17) is 17.3 Å². The van der Waals surface area contributed by atoms with Crippen LogP contribution in [0.1, 0.15) is 35.8 Å². The normalized spacial score (nSPS) is 23.9. The molecular formula is C18H18ClF2N3OS. The van der Waals surface area contributed by atoms with E-state index in [0.717, 1.165) is 6.92 Å². The number of nitrogens with zero attached hydrogens (tertiary/aromatic N) is 2. The van der Waals surface area contributed by atoms with Gasteiger partial charge in [0.25, 0.3) is 5.92 Å². The Morgan fingerprint density at radius 1 is 1.31 bits per heavy atom. The Morgan fingerprint density at radius 3 is 2.42 bits per heavy atom. The molecule has 2 atom stereocenters. The zero-order chi connectivity index (χ0) is 19.3. The Kier molecular flexibility index (Phi) is 4.56. The Balaban J connectivity index is 2.16. The zero-order valence-electron chi connectivity index (χ0n) is 14.5. The molecular weight excluding hydrogens is 380 g/mol. The maximum Gasteiger partial charge on any atom is 0.270 e. The lowest BCUT2D eigenvalue weighted by molar-refractivity contribution is -0.130. The number of nitrogens with two attached hydrogens (primary N) is 1. The zero-order valence-corrected chi connectivity index (χ0v) is 16.0. The molecule has 0 aliphatic carbocycles. The van der Waals surface area contributed by atoms with Crippen LogP contribution in [0, 0.1) is 0 Å². The Bertz CT molecular complexity index is 875. The summed E-state index contributed by atoms with van der Waals surface area (Å²) in [5.41, 5.74) is 5.39. The maximum absolute atomic E-state index is 13.5. The first-order chi connectivity index (χ1) is 12.1. The Hall–Kier alpha value is -1.99. The van der Waals surface area contributed by atoms with E-state index in [9.17, 15) is 13.6 Å². The van der Waals surface area contributed by atoms with Gasteiger partial charge >= 0.3 is 0 Å². The molecule has 0 fully saturated rings. The number of carbonyl (C=O) groups excluding carboxylic acids is 1. The molecule has 1 amide bonds. The van der Waals surface area contributed by atoms with Crippen molar-refractivity contribution in [3.05, 3.63) is 56.7 Å². The highest BCUT2D eigenvalue weighted by molar-refractivity contribution is 7.10. The standard InChI is InChI=1S/C18H18ClF2N3OS/c1-17(14-12(19)8-9-26-14)13(15(25)24(3)16(22)23-17)10-4-6-11(7-5-10)18(2,20)21/h4-9,13H,1-3H3,(H2,22,23)/t13-,17-/m0/s1. The van der Waals surface area contributed by atoms with Crippen molar-refractivity contribution in [1.82, 2.24) is 4.90 Å². The molecule has 0 saturated carbocycles. The quantitative estimate of drug-likeness (QED) is 0.839. The topological polar surface area (TPSA) is 58.7 Å². The molecule has 0 bridgehead atoms. The second-order valence-electron chi connectivity index (χ2n) is 6.56. The van der Waals surface area contributed by atoms with Gasteiger partial charge in [0.15, 0.2) is 5.96 Å². The first-order valence-electron chi connectivity index (χ1n) is 7.90. The number of carbonyl (C=O) groups is 1. The van der Waals surface area contributed by atoms with Crippen molar-refractivity contribution in [3.8, 4) is 0 Å². The highest BCUT2D eigenvalue weighted by Crippen LogP contribution is 2.48. The Labute approximate surface area is 159 Å². The third-order valence-electron chi connectivity index (χ3n) is 4.66. The van der Waals surface area contributed by atoms with E-state index >= 15 is 0 Å². The predicted octanol–water partition coefficient (Wildman–Crippen LogP) is 4.30. The second-order valence-corrected chi connectivity index (χ2v) is 7.88. The van der Waals surface area contributed by atoms with E-state index in [1.165, 1.54) is 28.4 Å². The number of hydrogen-bond acceptors (Lipinski definition) is 4. The molecule has 3 rings (SSSR count). The van der Waals surface area contributed by atoms with E-state index in [2.05, 4.69) is 4.99 Å². The average molecular weight is 398 g/mol. The maximum atomic E-state index is 13.5. The number of benzene rings is 1. The summed E-state index contributed by atoms with van der Waals surface area (Å²) in [6.45, 7) is 2.62. The summed E-state index contributed by atoms with van der Waals surface area (Å²) in [7, 11) is 1.54. The van der Waals surface area contributed by atoms with Gasteiger partial charge in [0.05, 0.1) is 15.8 Å². The van der Waals surface area contributed by atoms with Crippen molar-refractivity contribution in [1.29, 1.82) is 0 Å². The highest BCUT2D eigenvalue weighted by atomic mass is 35.5. The van der Waals surface area contributed by atoms with Gasteiger partial charge in [-0.25, -0.2) is 13.8 Å². The third-order valence-corrected chi connectivity index (χ3v) is 6.23. The van der Waals surface area contributed by atoms with Gasteiger partial charge in [0.1, 0.15) is 5.54 Å². The van der Waals surface area contributed by atoms with Crippen LogP contribution in [-0.2, 0) is 16.3 Å². The largest absolute Gasteiger partial charge is 0.369 e. The van der Waals surface area contributed by atoms with Crippen LogP contribution >= 0.6 is 22.9 Å². The van der Waals surface area contributed by atoms with E-state index in [0.29, 0.717) is 15.5 Å². The lowest BCUT2D eigenvalue weighted by atomic mass is 9.77. The van der Waals surface area contributed by atoms with Crippen LogP contribution in [0.15, 0.2) is 40.7 Å². The van der Waals surface area contributed by atoms with Gasteiger partial charge < -0.3 is 5.73 Å². The van der Waals surface area contributed by atoms with Crippen LogP contribution in [0.4, 0.5) is 8.78 Å². The van der Waals surface area contributed by atoms with Crippen LogP contribution in [-0.4, -0.2) is 23.8 Å². The number of hydrogen-bond donors (Lipinski definition) is 1. The van der Waals surface area contributed by atoms with Crippen LogP contribution in [0.25, 0.3) is 0 Å². The van der Waals surface area contributed by atoms with Crippen molar-refractivity contribution in [3.63, 3.8) is 0 Å². The molecule has 1 aromatic heterocycles. The fourth-order valence-electron chi connectivity index (χ4n) is 3.20. The number of aliphatic imine (C=N–C) groups is 1. The first kappa shape index (κ1) is 18.8. The van der Waals surface area contributed by atoms with Crippen molar-refractivity contribution >= 4 is 34.8 Å². The predicted molar refractivity (Wildman–Crippen MR) is 99.8 cm³/mol. The lowest BCUT2D eigenvalue weighted by Gasteiger charge is -2.40. The number of halogens is 3. The summed E-state index contributed by atoms with van der Waals surface area (Å²) in [5, 5.41) is 2.31. The molecule has 1 aromatic carbocycles. The van der Waals surface area contributed by atoms with E-state index in [1.54, 1.807) is 32.2 Å². The first-order valence-corrected chi connectivity index (χ1v) is 9.16. The summed E-state index contributed by atoms with van der Waals surface area (Å²) >= 11 is 7.69.